The summed E-state index contributed by atoms with van der Waals surface area (Å²) in [6.45, 7) is 1.79. The molecule has 0 heterocycles. The second-order valence-corrected chi connectivity index (χ2v) is 4.55. The van der Waals surface area contributed by atoms with Crippen molar-refractivity contribution in [3.05, 3.63) is 35.4 Å². The van der Waals surface area contributed by atoms with Crippen molar-refractivity contribution in [3.8, 4) is 0 Å². The van der Waals surface area contributed by atoms with Crippen molar-refractivity contribution in [2.45, 2.75) is 26.2 Å². The van der Waals surface area contributed by atoms with Crippen LogP contribution in [0.5, 0.6) is 0 Å². The predicted octanol–water partition coefficient (Wildman–Crippen LogP) is 2.08. The van der Waals surface area contributed by atoms with Gasteiger partial charge in [0, 0.05) is 12.3 Å². The van der Waals surface area contributed by atoms with E-state index < -0.39 is 11.9 Å². The van der Waals surface area contributed by atoms with Gasteiger partial charge < -0.3 is 5.11 Å². The minimum Gasteiger partial charge on any atom is -0.481 e. The maximum Gasteiger partial charge on any atom is 0.307 e. The fourth-order valence-electron chi connectivity index (χ4n) is 2.57. The number of fused-ring (bicyclic) bond motifs is 1. The molecule has 0 unspecified atom stereocenters. The smallest absolute Gasteiger partial charge is 0.307 e. The molecule has 3 heteroatoms. The molecule has 1 aliphatic carbocycles. The van der Waals surface area contributed by atoms with Crippen LogP contribution in [-0.2, 0) is 22.4 Å². The lowest BCUT2D eigenvalue weighted by atomic mass is 9.73. The molecule has 3 nitrogen and oxygen atoms in total. The lowest BCUT2D eigenvalue weighted by molar-refractivity contribution is -0.147. The number of hydrogen-bond acceptors (Lipinski definition) is 2. The molecule has 1 aromatic rings. The average molecular weight is 232 g/mol. The second kappa shape index (κ2) is 4.70. The Hall–Kier alpha value is -1.64. The summed E-state index contributed by atoms with van der Waals surface area (Å²) in [5.74, 6) is -1.71. The van der Waals surface area contributed by atoms with E-state index in [1.807, 2.05) is 24.3 Å². The van der Waals surface area contributed by atoms with Gasteiger partial charge in [0.25, 0.3) is 0 Å². The van der Waals surface area contributed by atoms with Crippen LogP contribution in [0.3, 0.4) is 0 Å². The fourth-order valence-corrected chi connectivity index (χ4v) is 2.57. The number of Topliss-reactive ketones (excluding diaryl/α,β-unsaturated/α-hetero) is 1. The standard InChI is InChI=1S/C14H16O3/c1-2-13(15)11-7-9-5-3-4-6-10(9)8-12(11)14(16)17/h3-6,11-12H,2,7-8H2,1H3,(H,16,17)/t11-,12+/m1/s1. The largest absolute Gasteiger partial charge is 0.481 e. The Bertz CT molecular complexity index is 451. The highest BCUT2D eigenvalue weighted by Crippen LogP contribution is 2.31. The number of hydrogen-bond donors (Lipinski definition) is 1. The summed E-state index contributed by atoms with van der Waals surface area (Å²) in [6.07, 6.45) is 1.46. The number of carboxylic acids is 1. The molecule has 0 fully saturated rings. The van der Waals surface area contributed by atoms with Gasteiger partial charge in [-0.05, 0) is 24.0 Å². The number of rotatable bonds is 3. The molecule has 1 aromatic carbocycles. The third kappa shape index (κ3) is 2.23. The van der Waals surface area contributed by atoms with Crippen LogP contribution in [0.1, 0.15) is 24.5 Å². The maximum atomic E-state index is 11.8. The van der Waals surface area contributed by atoms with Crippen molar-refractivity contribution < 1.29 is 14.7 Å². The summed E-state index contributed by atoms with van der Waals surface area (Å²) in [6, 6.07) is 7.80. The molecule has 0 saturated heterocycles. The van der Waals surface area contributed by atoms with Gasteiger partial charge >= 0.3 is 5.97 Å². The Labute approximate surface area is 100 Å². The Morgan fingerprint density at radius 3 is 2.18 bits per heavy atom. The third-order valence-corrected chi connectivity index (χ3v) is 3.56. The fraction of sp³-hybridized carbons (Fsp3) is 0.429. The van der Waals surface area contributed by atoms with Gasteiger partial charge in [0.15, 0.2) is 0 Å². The van der Waals surface area contributed by atoms with Gasteiger partial charge in [-0.3, -0.25) is 9.59 Å². The van der Waals surface area contributed by atoms with E-state index >= 15 is 0 Å². The van der Waals surface area contributed by atoms with Gasteiger partial charge in [-0.15, -0.1) is 0 Å². The van der Waals surface area contributed by atoms with Crippen molar-refractivity contribution in [2.24, 2.45) is 11.8 Å². The highest BCUT2D eigenvalue weighted by molar-refractivity contribution is 5.87. The lowest BCUT2D eigenvalue weighted by Gasteiger charge is -2.29. The van der Waals surface area contributed by atoms with Crippen molar-refractivity contribution in [2.75, 3.05) is 0 Å². The first kappa shape index (κ1) is 11.8. The Balaban J connectivity index is 2.34. The van der Waals surface area contributed by atoms with Crippen molar-refractivity contribution in [3.63, 3.8) is 0 Å². The molecule has 0 aromatic heterocycles. The van der Waals surface area contributed by atoms with Crippen molar-refractivity contribution >= 4 is 11.8 Å². The van der Waals surface area contributed by atoms with Gasteiger partial charge in [-0.2, -0.15) is 0 Å². The van der Waals surface area contributed by atoms with Crippen LogP contribution in [-0.4, -0.2) is 16.9 Å². The van der Waals surface area contributed by atoms with Crippen LogP contribution in [0.2, 0.25) is 0 Å². The van der Waals surface area contributed by atoms with E-state index in [1.165, 1.54) is 0 Å². The zero-order valence-electron chi connectivity index (χ0n) is 9.85. The first-order valence-corrected chi connectivity index (χ1v) is 5.95. The highest BCUT2D eigenvalue weighted by Gasteiger charge is 2.36. The molecule has 0 bridgehead atoms. The van der Waals surface area contributed by atoms with E-state index in [2.05, 4.69) is 0 Å². The van der Waals surface area contributed by atoms with Crippen LogP contribution in [0.25, 0.3) is 0 Å². The first-order chi connectivity index (χ1) is 8.13. The quantitative estimate of drug-likeness (QED) is 0.868. The number of aliphatic carboxylic acids is 1. The molecule has 2 rings (SSSR count). The second-order valence-electron chi connectivity index (χ2n) is 4.55. The summed E-state index contributed by atoms with van der Waals surface area (Å²) in [5.41, 5.74) is 2.19. The molecule has 0 spiro atoms. The van der Waals surface area contributed by atoms with Gasteiger partial charge in [0.2, 0.25) is 0 Å². The highest BCUT2D eigenvalue weighted by atomic mass is 16.4. The number of ketones is 1. The van der Waals surface area contributed by atoms with E-state index in [0.717, 1.165) is 11.1 Å². The molecule has 90 valence electrons. The maximum absolute atomic E-state index is 11.8. The Kier molecular flexibility index (Phi) is 3.27. The van der Waals surface area contributed by atoms with Crippen LogP contribution in [0, 0.1) is 11.8 Å². The molecular formula is C14H16O3. The SMILES string of the molecule is CCC(=O)[C@@H]1Cc2ccccc2C[C@@H]1C(=O)O. The minimum absolute atomic E-state index is 0.0619. The summed E-state index contributed by atoms with van der Waals surface area (Å²) in [7, 11) is 0. The van der Waals surface area contributed by atoms with E-state index in [-0.39, 0.29) is 11.7 Å². The minimum atomic E-state index is -0.855. The lowest BCUT2D eigenvalue weighted by Crippen LogP contribution is -2.36. The normalized spacial score (nSPS) is 22.9. The zero-order valence-corrected chi connectivity index (χ0v) is 9.85. The molecule has 17 heavy (non-hydrogen) atoms. The van der Waals surface area contributed by atoms with Gasteiger partial charge in [0.05, 0.1) is 5.92 Å². The van der Waals surface area contributed by atoms with E-state index in [0.29, 0.717) is 19.3 Å². The summed E-state index contributed by atoms with van der Waals surface area (Å²) in [4.78, 5) is 23.1. The number of carbonyl (C=O) groups is 2. The Morgan fingerprint density at radius 1 is 1.18 bits per heavy atom. The van der Waals surface area contributed by atoms with E-state index in [9.17, 15) is 14.7 Å². The van der Waals surface area contributed by atoms with Crippen molar-refractivity contribution in [1.29, 1.82) is 0 Å². The van der Waals surface area contributed by atoms with E-state index in [4.69, 9.17) is 0 Å². The summed E-state index contributed by atoms with van der Waals surface area (Å²) in [5, 5.41) is 9.23. The Morgan fingerprint density at radius 2 is 1.71 bits per heavy atom. The molecule has 1 N–H and O–H groups in total. The van der Waals surface area contributed by atoms with Crippen molar-refractivity contribution in [1.82, 2.24) is 0 Å². The molecular weight excluding hydrogens is 216 g/mol. The van der Waals surface area contributed by atoms with Crippen LogP contribution in [0.4, 0.5) is 0 Å². The third-order valence-electron chi connectivity index (χ3n) is 3.56. The molecule has 0 saturated carbocycles. The zero-order chi connectivity index (χ0) is 12.4. The number of benzene rings is 1. The monoisotopic (exact) mass is 232 g/mol. The summed E-state index contributed by atoms with van der Waals surface area (Å²) >= 11 is 0. The molecule has 0 amide bonds. The van der Waals surface area contributed by atoms with Gasteiger partial charge in [-0.25, -0.2) is 0 Å². The average Bonchev–Trinajstić information content (AvgIpc) is 2.36. The molecule has 2 atom stereocenters. The molecule has 0 aliphatic heterocycles. The molecule has 1 aliphatic rings. The molecule has 0 radical (unpaired) electrons. The van der Waals surface area contributed by atoms with Crippen LogP contribution >= 0.6 is 0 Å². The predicted molar refractivity (Wildman–Crippen MR) is 63.8 cm³/mol. The topological polar surface area (TPSA) is 54.4 Å². The summed E-state index contributed by atoms with van der Waals surface area (Å²) < 4.78 is 0. The van der Waals surface area contributed by atoms with E-state index in [1.54, 1.807) is 6.92 Å². The van der Waals surface area contributed by atoms with Gasteiger partial charge in [0.1, 0.15) is 5.78 Å². The number of carboxylic acid groups (broad SMARTS) is 1. The van der Waals surface area contributed by atoms with Crippen LogP contribution in [0.15, 0.2) is 24.3 Å². The number of carbonyl (C=O) groups excluding carboxylic acids is 1. The van der Waals surface area contributed by atoms with Crippen LogP contribution < -0.4 is 0 Å². The first-order valence-electron chi connectivity index (χ1n) is 5.95. The van der Waals surface area contributed by atoms with Gasteiger partial charge in [-0.1, -0.05) is 31.2 Å².